The van der Waals surface area contributed by atoms with Crippen molar-refractivity contribution in [3.8, 4) is 0 Å². The number of anilines is 1. The molecule has 12 nitrogen and oxygen atoms in total. The summed E-state index contributed by atoms with van der Waals surface area (Å²) in [6.45, 7) is 4.18. The highest BCUT2D eigenvalue weighted by atomic mass is 16.2. The van der Waals surface area contributed by atoms with Crippen LogP contribution in [-0.4, -0.2) is 82.7 Å². The maximum absolute atomic E-state index is 13.9. The third-order valence-corrected chi connectivity index (χ3v) is 7.21. The summed E-state index contributed by atoms with van der Waals surface area (Å²) in [4.78, 5) is 56.3. The molecule has 4 rings (SSSR count). The zero-order valence-electron chi connectivity index (χ0n) is 22.3. The Morgan fingerprint density at radius 3 is 2.68 bits per heavy atom. The van der Waals surface area contributed by atoms with E-state index in [9.17, 15) is 19.2 Å². The Morgan fingerprint density at radius 1 is 1.24 bits per heavy atom. The van der Waals surface area contributed by atoms with E-state index in [1.54, 1.807) is 23.9 Å². The van der Waals surface area contributed by atoms with E-state index in [2.05, 4.69) is 31.4 Å². The van der Waals surface area contributed by atoms with Gasteiger partial charge in [0.2, 0.25) is 23.6 Å². The number of hydrogen-bond donors (Lipinski definition) is 4. The molecule has 0 spiro atoms. The molecule has 0 unspecified atom stereocenters. The van der Waals surface area contributed by atoms with Gasteiger partial charge in [0.05, 0.1) is 25.0 Å². The van der Waals surface area contributed by atoms with Crippen molar-refractivity contribution in [2.45, 2.75) is 64.2 Å². The van der Waals surface area contributed by atoms with E-state index in [1.807, 2.05) is 32.0 Å². The summed E-state index contributed by atoms with van der Waals surface area (Å²) in [5, 5.41) is 18.8. The third-order valence-electron chi connectivity index (χ3n) is 7.21. The molecule has 12 heteroatoms. The van der Waals surface area contributed by atoms with E-state index < -0.39 is 24.0 Å². The number of H-pyrrole nitrogens is 1. The second kappa shape index (κ2) is 11.7. The first kappa shape index (κ1) is 27.2. The molecule has 1 aromatic heterocycles. The quantitative estimate of drug-likeness (QED) is 0.339. The lowest BCUT2D eigenvalue weighted by molar-refractivity contribution is -0.133. The number of rotatable bonds is 10. The normalized spacial score (nSPS) is 19.9. The molecule has 38 heavy (non-hydrogen) atoms. The molecule has 1 aromatic carbocycles. The summed E-state index contributed by atoms with van der Waals surface area (Å²) in [6, 6.07) is 3.48. The van der Waals surface area contributed by atoms with Gasteiger partial charge in [-0.15, -0.1) is 0 Å². The molecule has 4 atom stereocenters. The Balaban J connectivity index is 1.53. The highest BCUT2D eigenvalue weighted by Gasteiger charge is 2.44. The smallest absolute Gasteiger partial charge is 0.250 e. The largest absolute Gasteiger partial charge is 0.348 e. The maximum atomic E-state index is 13.9. The van der Waals surface area contributed by atoms with E-state index >= 15 is 0 Å². The Labute approximate surface area is 221 Å². The lowest BCUT2D eigenvalue weighted by atomic mass is 9.97. The van der Waals surface area contributed by atoms with Gasteiger partial charge in [0.1, 0.15) is 23.8 Å². The maximum Gasteiger partial charge on any atom is 0.250 e. The van der Waals surface area contributed by atoms with Crippen LogP contribution in [-0.2, 0) is 38.6 Å². The summed E-state index contributed by atoms with van der Waals surface area (Å²) in [5.74, 6) is -1.42. The standard InChI is InChI=1S/C26H36N8O4/c1-5-15(2)22(30-21(35)14-33(3)4)25(37)29-19-10-9-16-7-6-8-17-11-20(34(23(16)17)26(19)38)24(36)27-12-18-13-28-32-31-18/h6-8,13,15,19-20,22H,5,9-12,14H2,1-4H3,(H,27,36)(H,29,37)(H,30,35)(H,28,31,32)/t15-,19-,20-,22-/m0/s1. The Hall–Kier alpha value is -3.80. The van der Waals surface area contributed by atoms with Gasteiger partial charge in [-0.1, -0.05) is 38.5 Å². The summed E-state index contributed by atoms with van der Waals surface area (Å²) >= 11 is 0. The first-order valence-electron chi connectivity index (χ1n) is 13.0. The molecule has 0 bridgehead atoms. The molecule has 0 saturated carbocycles. The van der Waals surface area contributed by atoms with Crippen molar-refractivity contribution >= 4 is 29.3 Å². The Bertz CT molecular complexity index is 1180. The average molecular weight is 525 g/mol. The van der Waals surface area contributed by atoms with Crippen molar-refractivity contribution in [1.29, 1.82) is 0 Å². The predicted octanol–water partition coefficient (Wildman–Crippen LogP) is -0.0977. The molecular weight excluding hydrogens is 488 g/mol. The van der Waals surface area contributed by atoms with Crippen molar-refractivity contribution in [1.82, 2.24) is 36.3 Å². The fraction of sp³-hybridized carbons (Fsp3) is 0.538. The van der Waals surface area contributed by atoms with Gasteiger partial charge in [-0.2, -0.15) is 15.4 Å². The van der Waals surface area contributed by atoms with E-state index in [0.29, 0.717) is 31.4 Å². The fourth-order valence-corrected chi connectivity index (χ4v) is 5.05. The number of nitrogens with zero attached hydrogens (tertiary/aromatic N) is 4. The zero-order valence-corrected chi connectivity index (χ0v) is 22.3. The van der Waals surface area contributed by atoms with Crippen molar-refractivity contribution in [3.63, 3.8) is 0 Å². The average Bonchev–Trinajstić information content (AvgIpc) is 3.52. The molecule has 3 heterocycles. The van der Waals surface area contributed by atoms with Gasteiger partial charge in [0, 0.05) is 6.42 Å². The lowest BCUT2D eigenvalue weighted by Crippen LogP contribution is -2.58. The minimum absolute atomic E-state index is 0.132. The SMILES string of the molecule is CC[C@H](C)[C@H](NC(=O)CN(C)C)C(=O)N[C@H]1CCc2cccc3c2N(C1=O)[C@H](C(=O)NCc1cn[nH]n1)C3. The van der Waals surface area contributed by atoms with Crippen LogP contribution in [0.3, 0.4) is 0 Å². The number of aromatic amines is 1. The summed E-state index contributed by atoms with van der Waals surface area (Å²) in [5.41, 5.74) is 3.23. The highest BCUT2D eigenvalue weighted by Crippen LogP contribution is 2.39. The monoisotopic (exact) mass is 524 g/mol. The van der Waals surface area contributed by atoms with Gasteiger partial charge in [-0.25, -0.2) is 0 Å². The Morgan fingerprint density at radius 2 is 2.00 bits per heavy atom. The van der Waals surface area contributed by atoms with Crippen LogP contribution in [0.5, 0.6) is 0 Å². The second-order valence-electron chi connectivity index (χ2n) is 10.3. The third kappa shape index (κ3) is 5.85. The summed E-state index contributed by atoms with van der Waals surface area (Å²) in [6.07, 6.45) is 3.55. The molecule has 2 aliphatic rings. The number of carbonyl (C=O) groups excluding carboxylic acids is 4. The van der Waals surface area contributed by atoms with Crippen LogP contribution in [0.2, 0.25) is 0 Å². The molecule has 0 radical (unpaired) electrons. The number of carbonyl (C=O) groups is 4. The molecule has 2 aliphatic heterocycles. The number of amides is 4. The molecule has 4 N–H and O–H groups in total. The molecular formula is C26H36N8O4. The van der Waals surface area contributed by atoms with Crippen molar-refractivity contribution in [2.75, 3.05) is 25.5 Å². The second-order valence-corrected chi connectivity index (χ2v) is 10.3. The van der Waals surface area contributed by atoms with Crippen LogP contribution >= 0.6 is 0 Å². The first-order valence-corrected chi connectivity index (χ1v) is 13.0. The van der Waals surface area contributed by atoms with E-state index in [1.165, 1.54) is 6.20 Å². The van der Waals surface area contributed by atoms with Crippen LogP contribution < -0.4 is 20.9 Å². The molecule has 0 saturated heterocycles. The van der Waals surface area contributed by atoms with Gasteiger partial charge in [-0.05, 0) is 44.0 Å². The van der Waals surface area contributed by atoms with E-state index in [0.717, 1.165) is 16.8 Å². The topological polar surface area (TPSA) is 152 Å². The summed E-state index contributed by atoms with van der Waals surface area (Å²) in [7, 11) is 3.56. The van der Waals surface area contributed by atoms with Crippen molar-refractivity contribution in [2.24, 2.45) is 5.92 Å². The van der Waals surface area contributed by atoms with Gasteiger partial charge in [0.25, 0.3) is 0 Å². The predicted molar refractivity (Wildman–Crippen MR) is 140 cm³/mol. The Kier molecular flexibility index (Phi) is 8.40. The number of nitrogens with one attached hydrogen (secondary N) is 4. The van der Waals surface area contributed by atoms with Crippen molar-refractivity contribution in [3.05, 3.63) is 41.2 Å². The lowest BCUT2D eigenvalue weighted by Gasteiger charge is -2.30. The van der Waals surface area contributed by atoms with Crippen LogP contribution in [0.15, 0.2) is 24.4 Å². The minimum Gasteiger partial charge on any atom is -0.348 e. The van der Waals surface area contributed by atoms with Crippen LogP contribution in [0.4, 0.5) is 5.69 Å². The number of aromatic nitrogens is 3. The van der Waals surface area contributed by atoms with Crippen LogP contribution in [0.25, 0.3) is 0 Å². The molecule has 2 aromatic rings. The number of aryl methyl sites for hydroxylation is 1. The van der Waals surface area contributed by atoms with Gasteiger partial charge < -0.3 is 20.9 Å². The van der Waals surface area contributed by atoms with Gasteiger partial charge in [0.15, 0.2) is 0 Å². The number of hydrogen-bond acceptors (Lipinski definition) is 7. The molecule has 204 valence electrons. The van der Waals surface area contributed by atoms with Crippen LogP contribution in [0.1, 0.15) is 43.5 Å². The van der Waals surface area contributed by atoms with Gasteiger partial charge in [-0.3, -0.25) is 24.1 Å². The van der Waals surface area contributed by atoms with Gasteiger partial charge >= 0.3 is 0 Å². The summed E-state index contributed by atoms with van der Waals surface area (Å²) < 4.78 is 0. The number of para-hydroxylation sites is 1. The van der Waals surface area contributed by atoms with E-state index in [-0.39, 0.29) is 36.7 Å². The van der Waals surface area contributed by atoms with Crippen molar-refractivity contribution < 1.29 is 19.2 Å². The molecule has 0 fully saturated rings. The first-order chi connectivity index (χ1) is 18.2. The zero-order chi connectivity index (χ0) is 27.4. The fourth-order valence-electron chi connectivity index (χ4n) is 5.05. The molecule has 4 amide bonds. The molecule has 0 aliphatic carbocycles. The van der Waals surface area contributed by atoms with E-state index in [4.69, 9.17) is 0 Å². The highest BCUT2D eigenvalue weighted by molar-refractivity contribution is 6.08. The number of likely N-dealkylation sites (N-methyl/N-ethyl adjacent to an activating group) is 1. The van der Waals surface area contributed by atoms with Crippen LogP contribution in [0, 0.1) is 5.92 Å². The minimum atomic E-state index is -0.830. The number of benzene rings is 1.